The number of aliphatic hydroxyl groups is 2. The standard InChI is InChI=1S/C22H20N2O7/c1-12(3-5-15-13(2)19(28)23(7-9-25)20(15)29)18(27)14-4-6-16-17(11-14)22(31)24(8-10-26)21(16)30/h3-6,11,25-26H,1,7-10H2,2H3/b5-3-. The fourth-order valence-corrected chi connectivity index (χ4v) is 3.40. The lowest BCUT2D eigenvalue weighted by atomic mass is 9.99. The molecule has 0 aromatic heterocycles. The van der Waals surface area contributed by atoms with Gasteiger partial charge in [-0.15, -0.1) is 0 Å². The van der Waals surface area contributed by atoms with Gasteiger partial charge in [0, 0.05) is 22.3 Å². The van der Waals surface area contributed by atoms with E-state index in [0.29, 0.717) is 0 Å². The van der Waals surface area contributed by atoms with Crippen LogP contribution in [0.15, 0.2) is 53.6 Å². The van der Waals surface area contributed by atoms with Crippen molar-refractivity contribution in [2.24, 2.45) is 0 Å². The van der Waals surface area contributed by atoms with Crippen molar-refractivity contribution in [2.45, 2.75) is 6.92 Å². The van der Waals surface area contributed by atoms with Crippen LogP contribution in [0.2, 0.25) is 0 Å². The molecule has 0 atom stereocenters. The van der Waals surface area contributed by atoms with E-state index in [1.165, 1.54) is 37.3 Å². The first-order valence-corrected chi connectivity index (χ1v) is 9.43. The second kappa shape index (κ2) is 8.58. The zero-order valence-electron chi connectivity index (χ0n) is 16.8. The van der Waals surface area contributed by atoms with Gasteiger partial charge in [0.15, 0.2) is 5.78 Å². The average Bonchev–Trinajstić information content (AvgIpc) is 3.11. The molecule has 2 aliphatic rings. The number of ketones is 1. The maximum Gasteiger partial charge on any atom is 0.261 e. The lowest BCUT2D eigenvalue weighted by Gasteiger charge is -2.12. The summed E-state index contributed by atoms with van der Waals surface area (Å²) in [4.78, 5) is 63.6. The number of benzene rings is 1. The molecule has 160 valence electrons. The first kappa shape index (κ1) is 22.0. The zero-order valence-corrected chi connectivity index (χ0v) is 16.8. The monoisotopic (exact) mass is 424 g/mol. The van der Waals surface area contributed by atoms with Crippen LogP contribution in [-0.4, -0.2) is 75.7 Å². The number of hydrogen-bond acceptors (Lipinski definition) is 7. The molecular formula is C22H20N2O7. The third-order valence-corrected chi connectivity index (χ3v) is 5.07. The Kier molecular flexibility index (Phi) is 6.09. The molecule has 1 aromatic carbocycles. The molecule has 31 heavy (non-hydrogen) atoms. The number of fused-ring (bicyclic) bond motifs is 1. The maximum atomic E-state index is 12.7. The number of rotatable bonds is 8. The van der Waals surface area contributed by atoms with Crippen LogP contribution in [0.1, 0.15) is 38.0 Å². The summed E-state index contributed by atoms with van der Waals surface area (Å²) in [6.45, 7) is 4.17. The molecule has 2 N–H and O–H groups in total. The van der Waals surface area contributed by atoms with Gasteiger partial charge in [-0.25, -0.2) is 0 Å². The quantitative estimate of drug-likeness (QED) is 0.265. The first-order chi connectivity index (χ1) is 14.7. The Labute approximate surface area is 177 Å². The van der Waals surface area contributed by atoms with Gasteiger partial charge in [0.25, 0.3) is 23.6 Å². The number of imide groups is 2. The van der Waals surface area contributed by atoms with E-state index < -0.39 is 29.4 Å². The summed E-state index contributed by atoms with van der Waals surface area (Å²) in [5.74, 6) is -2.73. The summed E-state index contributed by atoms with van der Waals surface area (Å²) in [6, 6.07) is 4.06. The van der Waals surface area contributed by atoms with Crippen LogP contribution in [0, 0.1) is 0 Å². The van der Waals surface area contributed by atoms with Crippen LogP contribution >= 0.6 is 0 Å². The number of allylic oxidation sites excluding steroid dienone is 2. The average molecular weight is 424 g/mol. The topological polar surface area (TPSA) is 132 Å². The summed E-state index contributed by atoms with van der Waals surface area (Å²) < 4.78 is 0. The molecular weight excluding hydrogens is 404 g/mol. The van der Waals surface area contributed by atoms with E-state index in [-0.39, 0.29) is 59.7 Å². The predicted molar refractivity (Wildman–Crippen MR) is 108 cm³/mol. The van der Waals surface area contributed by atoms with Crippen LogP contribution in [-0.2, 0) is 9.59 Å². The molecule has 9 nitrogen and oxygen atoms in total. The Balaban J connectivity index is 1.80. The fourth-order valence-electron chi connectivity index (χ4n) is 3.40. The maximum absolute atomic E-state index is 12.7. The number of β-amino-alcohol motifs (C(OH)–C–C–N with tert-alkyl or cyclic N) is 2. The van der Waals surface area contributed by atoms with Gasteiger partial charge in [0.1, 0.15) is 0 Å². The molecule has 2 aliphatic heterocycles. The smallest absolute Gasteiger partial charge is 0.261 e. The third-order valence-electron chi connectivity index (χ3n) is 5.07. The molecule has 4 amide bonds. The molecule has 0 unspecified atom stereocenters. The minimum absolute atomic E-state index is 0.00472. The second-order valence-electron chi connectivity index (χ2n) is 6.96. The lowest BCUT2D eigenvalue weighted by Crippen LogP contribution is -2.34. The number of nitrogens with zero attached hydrogens (tertiary/aromatic N) is 2. The number of carbonyl (C=O) groups is 5. The van der Waals surface area contributed by atoms with Crippen molar-refractivity contribution in [3.8, 4) is 0 Å². The van der Waals surface area contributed by atoms with Crippen LogP contribution in [0.3, 0.4) is 0 Å². The summed E-state index contributed by atoms with van der Waals surface area (Å²) in [5.41, 5.74) is 0.640. The number of carbonyl (C=O) groups excluding carboxylic acids is 5. The van der Waals surface area contributed by atoms with Gasteiger partial charge >= 0.3 is 0 Å². The molecule has 0 bridgehead atoms. The SMILES string of the molecule is C=C(/C=C\C1=C(C)C(=O)N(CCO)C1=O)C(=O)c1ccc2c(c1)C(=O)N(CCO)C2=O. The first-order valence-electron chi connectivity index (χ1n) is 9.43. The van der Waals surface area contributed by atoms with Crippen molar-refractivity contribution in [1.29, 1.82) is 0 Å². The highest BCUT2D eigenvalue weighted by molar-refractivity contribution is 6.23. The molecule has 3 rings (SSSR count). The van der Waals surface area contributed by atoms with Gasteiger partial charge < -0.3 is 10.2 Å². The van der Waals surface area contributed by atoms with Gasteiger partial charge in [0.2, 0.25) is 0 Å². The molecule has 2 heterocycles. The molecule has 0 spiro atoms. The van der Waals surface area contributed by atoms with E-state index in [0.717, 1.165) is 9.80 Å². The number of hydrogen-bond donors (Lipinski definition) is 2. The minimum Gasteiger partial charge on any atom is -0.395 e. The summed E-state index contributed by atoms with van der Waals surface area (Å²) in [6.07, 6.45) is 2.62. The van der Waals surface area contributed by atoms with Gasteiger partial charge in [-0.1, -0.05) is 18.7 Å². The molecule has 1 aromatic rings. The minimum atomic E-state index is -0.593. The van der Waals surface area contributed by atoms with Crippen LogP contribution in [0.5, 0.6) is 0 Å². The summed E-state index contributed by atoms with van der Waals surface area (Å²) in [5, 5.41) is 18.0. The Hall–Kier alpha value is -3.69. The highest BCUT2D eigenvalue weighted by Gasteiger charge is 2.36. The largest absolute Gasteiger partial charge is 0.395 e. The van der Waals surface area contributed by atoms with Crippen molar-refractivity contribution in [2.75, 3.05) is 26.3 Å². The van der Waals surface area contributed by atoms with E-state index in [1.807, 2.05) is 0 Å². The van der Waals surface area contributed by atoms with E-state index in [4.69, 9.17) is 10.2 Å². The number of Topliss-reactive ketones (excluding diaryl/α,β-unsaturated/α-hetero) is 1. The molecule has 0 saturated carbocycles. The number of aliphatic hydroxyl groups excluding tert-OH is 2. The highest BCUT2D eigenvalue weighted by Crippen LogP contribution is 2.25. The van der Waals surface area contributed by atoms with Crippen LogP contribution in [0.25, 0.3) is 0 Å². The van der Waals surface area contributed by atoms with E-state index in [9.17, 15) is 24.0 Å². The van der Waals surface area contributed by atoms with Crippen molar-refractivity contribution in [3.05, 3.63) is 70.3 Å². The van der Waals surface area contributed by atoms with Crippen LogP contribution in [0.4, 0.5) is 0 Å². The second-order valence-corrected chi connectivity index (χ2v) is 6.96. The summed E-state index contributed by atoms with van der Waals surface area (Å²) >= 11 is 0. The van der Waals surface area contributed by atoms with Crippen LogP contribution < -0.4 is 0 Å². The van der Waals surface area contributed by atoms with Crippen molar-refractivity contribution < 1.29 is 34.2 Å². The highest BCUT2D eigenvalue weighted by atomic mass is 16.3. The lowest BCUT2D eigenvalue weighted by molar-refractivity contribution is -0.138. The number of amides is 4. The fraction of sp³-hybridized carbons (Fsp3) is 0.227. The normalized spacial score (nSPS) is 16.2. The van der Waals surface area contributed by atoms with E-state index in [2.05, 4.69) is 6.58 Å². The van der Waals surface area contributed by atoms with Crippen molar-refractivity contribution in [3.63, 3.8) is 0 Å². The van der Waals surface area contributed by atoms with Crippen molar-refractivity contribution in [1.82, 2.24) is 9.80 Å². The zero-order chi connectivity index (χ0) is 22.9. The molecule has 0 saturated heterocycles. The molecule has 0 aliphatic carbocycles. The van der Waals surface area contributed by atoms with Gasteiger partial charge in [-0.3, -0.25) is 33.8 Å². The third kappa shape index (κ3) is 3.76. The molecule has 0 radical (unpaired) electrons. The Morgan fingerprint density at radius 2 is 1.52 bits per heavy atom. The molecule has 9 heteroatoms. The Morgan fingerprint density at radius 3 is 2.13 bits per heavy atom. The predicted octanol–water partition coefficient (Wildman–Crippen LogP) is 0.248. The Morgan fingerprint density at radius 1 is 0.935 bits per heavy atom. The van der Waals surface area contributed by atoms with Crippen molar-refractivity contribution >= 4 is 29.4 Å². The van der Waals surface area contributed by atoms with E-state index in [1.54, 1.807) is 0 Å². The molecule has 0 fully saturated rings. The van der Waals surface area contributed by atoms with Gasteiger partial charge in [-0.05, 0) is 25.1 Å². The summed E-state index contributed by atoms with van der Waals surface area (Å²) in [7, 11) is 0. The Bertz CT molecular complexity index is 1100. The van der Waals surface area contributed by atoms with Gasteiger partial charge in [0.05, 0.1) is 37.4 Å². The van der Waals surface area contributed by atoms with Gasteiger partial charge in [-0.2, -0.15) is 0 Å². The van der Waals surface area contributed by atoms with E-state index >= 15 is 0 Å².